The molecule has 13 heteroatoms. The summed E-state index contributed by atoms with van der Waals surface area (Å²) in [7, 11) is 0. The van der Waals surface area contributed by atoms with Gasteiger partial charge in [-0.05, 0) is 18.2 Å². The van der Waals surface area contributed by atoms with Crippen LogP contribution in [0.25, 0.3) is 33.9 Å². The molecule has 0 fully saturated rings. The third kappa shape index (κ3) is 4.68. The maximum absolute atomic E-state index is 6.11. The number of halogens is 1. The maximum Gasteiger partial charge on any atom is 0.221 e. The molecule has 2 aromatic carbocycles. The number of benzene rings is 2. The van der Waals surface area contributed by atoms with E-state index in [9.17, 15) is 0 Å². The van der Waals surface area contributed by atoms with E-state index in [4.69, 9.17) is 44.5 Å². The summed E-state index contributed by atoms with van der Waals surface area (Å²) >= 11 is 6.11. The summed E-state index contributed by atoms with van der Waals surface area (Å²) in [6.45, 7) is 0. The second-order valence-electron chi connectivity index (χ2n) is 7.78. The Morgan fingerprint density at radius 1 is 0.730 bits per heavy atom. The highest BCUT2D eigenvalue weighted by Crippen LogP contribution is 2.29. The SMILES string of the molecule is NC(N)=N/N=C/c1c(-c2ccccc2)nc2n1ccc1nc(-c3ccc(Cl)cc3)c(/C=N/N=C(N)N)n12. The lowest BCUT2D eigenvalue weighted by molar-refractivity contribution is 1.05. The van der Waals surface area contributed by atoms with E-state index < -0.39 is 0 Å². The van der Waals surface area contributed by atoms with Gasteiger partial charge in [0, 0.05) is 22.3 Å². The molecular weight excluding hydrogens is 492 g/mol. The highest BCUT2D eigenvalue weighted by atomic mass is 35.5. The van der Waals surface area contributed by atoms with Crippen molar-refractivity contribution in [1.29, 1.82) is 0 Å². The van der Waals surface area contributed by atoms with Crippen molar-refractivity contribution in [1.82, 2.24) is 18.8 Å². The van der Waals surface area contributed by atoms with Crippen LogP contribution in [-0.2, 0) is 0 Å². The van der Waals surface area contributed by atoms with E-state index in [0.717, 1.165) is 11.1 Å². The number of aromatic nitrogens is 4. The second kappa shape index (κ2) is 9.79. The van der Waals surface area contributed by atoms with Crippen molar-refractivity contribution in [3.8, 4) is 22.5 Å². The van der Waals surface area contributed by atoms with Gasteiger partial charge in [0.15, 0.2) is 0 Å². The predicted octanol–water partition coefficient (Wildman–Crippen LogP) is 2.18. The number of hydrogen-bond acceptors (Lipinski definition) is 6. The second-order valence-corrected chi connectivity index (χ2v) is 8.22. The first-order valence-electron chi connectivity index (χ1n) is 10.9. The third-order valence-corrected chi connectivity index (χ3v) is 5.56. The fourth-order valence-electron chi connectivity index (χ4n) is 3.82. The Morgan fingerprint density at radius 2 is 1.32 bits per heavy atom. The Kier molecular flexibility index (Phi) is 6.22. The van der Waals surface area contributed by atoms with Crippen molar-refractivity contribution in [3.05, 3.63) is 83.3 Å². The summed E-state index contributed by atoms with van der Waals surface area (Å²) in [5.74, 6) is 0.212. The molecule has 0 amide bonds. The molecule has 5 aromatic rings. The van der Waals surface area contributed by atoms with Crippen molar-refractivity contribution < 1.29 is 0 Å². The zero-order chi connectivity index (χ0) is 25.9. The quantitative estimate of drug-likeness (QED) is 0.153. The lowest BCUT2D eigenvalue weighted by atomic mass is 10.1. The van der Waals surface area contributed by atoms with E-state index in [1.54, 1.807) is 12.1 Å². The molecule has 0 bridgehead atoms. The first-order valence-corrected chi connectivity index (χ1v) is 11.3. The number of nitrogens with zero attached hydrogens (tertiary/aromatic N) is 8. The Balaban J connectivity index is 1.84. The fourth-order valence-corrected chi connectivity index (χ4v) is 3.95. The minimum atomic E-state index is -0.173. The Hall–Kier alpha value is -5.23. The van der Waals surface area contributed by atoms with Gasteiger partial charge in [-0.15, -0.1) is 10.2 Å². The van der Waals surface area contributed by atoms with Gasteiger partial charge in [0.25, 0.3) is 0 Å². The monoisotopic (exact) mass is 512 g/mol. The molecule has 184 valence electrons. The molecule has 0 aliphatic heterocycles. The lowest BCUT2D eigenvalue weighted by Gasteiger charge is -2.03. The largest absolute Gasteiger partial charge is 0.369 e. The third-order valence-electron chi connectivity index (χ3n) is 5.31. The van der Waals surface area contributed by atoms with E-state index in [1.165, 1.54) is 12.4 Å². The maximum atomic E-state index is 6.11. The molecule has 3 aromatic heterocycles. The van der Waals surface area contributed by atoms with Crippen molar-refractivity contribution in [2.24, 2.45) is 43.3 Å². The van der Waals surface area contributed by atoms with Crippen LogP contribution in [0.4, 0.5) is 0 Å². The number of hydrogen-bond donors (Lipinski definition) is 4. The van der Waals surface area contributed by atoms with Crippen molar-refractivity contribution >= 4 is 47.4 Å². The van der Waals surface area contributed by atoms with Gasteiger partial charge in [-0.25, -0.2) is 9.97 Å². The summed E-state index contributed by atoms with van der Waals surface area (Å²) in [4.78, 5) is 9.78. The Labute approximate surface area is 215 Å². The van der Waals surface area contributed by atoms with Gasteiger partial charge in [-0.3, -0.25) is 8.80 Å². The molecule has 12 nitrogen and oxygen atoms in total. The predicted molar refractivity (Wildman–Crippen MR) is 147 cm³/mol. The number of guanidine groups is 2. The summed E-state index contributed by atoms with van der Waals surface area (Å²) in [6, 6.07) is 18.8. The molecule has 37 heavy (non-hydrogen) atoms. The standard InChI is InChI=1S/C24H21ClN12/c25-16-8-6-15(7-9-16)21-18(13-31-35-23(28)29)37-19(32-21)10-11-36-17(12-30-34-22(26)27)20(33-24(36)37)14-4-2-1-3-5-14/h1-13H,(H4,26,27,34)(H4,28,29,35)/b30-12+,31-13+. The average Bonchev–Trinajstić information content (AvgIpc) is 3.43. The summed E-state index contributed by atoms with van der Waals surface area (Å²) in [5.41, 5.74) is 26.7. The van der Waals surface area contributed by atoms with E-state index in [1.807, 2.05) is 63.5 Å². The average molecular weight is 513 g/mol. The normalized spacial score (nSPS) is 11.6. The van der Waals surface area contributed by atoms with Crippen LogP contribution >= 0.6 is 11.6 Å². The molecule has 0 radical (unpaired) electrons. The zero-order valence-corrected chi connectivity index (χ0v) is 20.0. The van der Waals surface area contributed by atoms with Crippen LogP contribution in [0.2, 0.25) is 5.02 Å². The Bertz CT molecular complexity index is 1700. The molecule has 0 unspecified atom stereocenters. The molecule has 0 aliphatic rings. The first kappa shape index (κ1) is 23.5. The van der Waals surface area contributed by atoms with Gasteiger partial charge in [0.1, 0.15) is 5.65 Å². The summed E-state index contributed by atoms with van der Waals surface area (Å²) in [6.07, 6.45) is 4.91. The molecule has 0 aliphatic carbocycles. The van der Waals surface area contributed by atoms with E-state index in [0.29, 0.717) is 39.2 Å². The van der Waals surface area contributed by atoms with Crippen molar-refractivity contribution in [2.45, 2.75) is 0 Å². The molecule has 0 atom stereocenters. The first-order chi connectivity index (χ1) is 17.9. The van der Waals surface area contributed by atoms with Gasteiger partial charge < -0.3 is 22.9 Å². The lowest BCUT2D eigenvalue weighted by Crippen LogP contribution is -2.21. The minimum Gasteiger partial charge on any atom is -0.369 e. The van der Waals surface area contributed by atoms with Gasteiger partial charge in [0.2, 0.25) is 17.7 Å². The minimum absolute atomic E-state index is 0.158. The van der Waals surface area contributed by atoms with Crippen LogP contribution in [-0.4, -0.2) is 43.1 Å². The van der Waals surface area contributed by atoms with Crippen LogP contribution in [0.1, 0.15) is 11.4 Å². The number of fused-ring (bicyclic) bond motifs is 3. The smallest absolute Gasteiger partial charge is 0.221 e. The van der Waals surface area contributed by atoms with Crippen LogP contribution < -0.4 is 22.9 Å². The molecule has 8 N–H and O–H groups in total. The van der Waals surface area contributed by atoms with E-state index >= 15 is 0 Å². The molecule has 0 saturated heterocycles. The highest BCUT2D eigenvalue weighted by molar-refractivity contribution is 6.30. The van der Waals surface area contributed by atoms with Crippen LogP contribution in [0.3, 0.4) is 0 Å². The van der Waals surface area contributed by atoms with E-state index in [-0.39, 0.29) is 11.9 Å². The van der Waals surface area contributed by atoms with Crippen LogP contribution in [0.15, 0.2) is 87.3 Å². The van der Waals surface area contributed by atoms with Gasteiger partial charge in [-0.2, -0.15) is 10.2 Å². The zero-order valence-electron chi connectivity index (χ0n) is 19.3. The molecule has 0 saturated carbocycles. The number of imidazole rings is 2. The van der Waals surface area contributed by atoms with E-state index in [2.05, 4.69) is 20.4 Å². The van der Waals surface area contributed by atoms with Crippen LogP contribution in [0, 0.1) is 0 Å². The van der Waals surface area contributed by atoms with Crippen molar-refractivity contribution in [2.75, 3.05) is 0 Å². The van der Waals surface area contributed by atoms with Crippen molar-refractivity contribution in [3.63, 3.8) is 0 Å². The van der Waals surface area contributed by atoms with Gasteiger partial charge in [-0.1, -0.05) is 54.1 Å². The topological polar surface area (TPSA) is 188 Å². The number of rotatable bonds is 6. The molecule has 5 rings (SSSR count). The molecule has 3 heterocycles. The fraction of sp³-hybridized carbons (Fsp3) is 0. The highest BCUT2D eigenvalue weighted by Gasteiger charge is 2.20. The summed E-state index contributed by atoms with van der Waals surface area (Å²) in [5, 5.41) is 16.2. The number of nitrogens with two attached hydrogens (primary N) is 4. The van der Waals surface area contributed by atoms with Crippen LogP contribution in [0.5, 0.6) is 0 Å². The molecular formula is C24H21ClN12. The molecule has 0 spiro atoms. The Morgan fingerprint density at radius 3 is 1.97 bits per heavy atom. The van der Waals surface area contributed by atoms with Gasteiger partial charge >= 0.3 is 0 Å². The summed E-state index contributed by atoms with van der Waals surface area (Å²) < 4.78 is 3.70. The van der Waals surface area contributed by atoms with Gasteiger partial charge in [0.05, 0.1) is 35.2 Å².